The number of Topliss-reactive ketones (excluding diaryl/α,β-unsaturated/α-hetero) is 1. The topological polar surface area (TPSA) is 50.2 Å². The number of carbonyl (C=O) groups is 1. The summed E-state index contributed by atoms with van der Waals surface area (Å²) in [6.07, 6.45) is 0.603. The van der Waals surface area contributed by atoms with Gasteiger partial charge in [0.2, 0.25) is 5.78 Å². The summed E-state index contributed by atoms with van der Waals surface area (Å²) in [7, 11) is 0. The molecule has 1 atom stereocenters. The lowest BCUT2D eigenvalue weighted by Crippen LogP contribution is -2.15. The number of thiazole rings is 1. The smallest absolute Gasteiger partial charge is 0.219 e. The van der Waals surface area contributed by atoms with Gasteiger partial charge in [-0.15, -0.1) is 11.3 Å². The minimum atomic E-state index is -0.939. The maximum Gasteiger partial charge on any atom is 0.219 e. The molecule has 1 rings (SSSR count). The second-order valence-corrected chi connectivity index (χ2v) is 2.77. The van der Waals surface area contributed by atoms with E-state index >= 15 is 0 Å². The first kappa shape index (κ1) is 7.37. The number of hydrogen-bond donors (Lipinski definition) is 1. The summed E-state index contributed by atoms with van der Waals surface area (Å²) in [4.78, 5) is 14.6. The Bertz CT molecular complexity index is 218. The lowest BCUT2D eigenvalue weighted by molar-refractivity contribution is 0.0779. The molecule has 1 unspecified atom stereocenters. The predicted octanol–water partition coefficient (Wildman–Crippen LogP) is 0.707. The molecule has 0 saturated heterocycles. The Labute approximate surface area is 62.3 Å². The standard InChI is InChI=1S/C6H7NO2S/c1-4(8)5(9)6-7-2-3-10-6/h2-4,8H,1H3. The third kappa shape index (κ3) is 1.40. The van der Waals surface area contributed by atoms with Gasteiger partial charge in [-0.25, -0.2) is 4.98 Å². The molecule has 0 aromatic carbocycles. The Morgan fingerprint density at radius 3 is 3.00 bits per heavy atom. The van der Waals surface area contributed by atoms with Crippen molar-refractivity contribution in [2.24, 2.45) is 0 Å². The third-order valence-corrected chi connectivity index (χ3v) is 1.81. The van der Waals surface area contributed by atoms with Gasteiger partial charge >= 0.3 is 0 Å². The quantitative estimate of drug-likeness (QED) is 0.643. The van der Waals surface area contributed by atoms with Crippen LogP contribution in [0.25, 0.3) is 0 Å². The van der Waals surface area contributed by atoms with E-state index in [0.717, 1.165) is 0 Å². The van der Waals surface area contributed by atoms with Crippen LogP contribution >= 0.6 is 11.3 Å². The van der Waals surface area contributed by atoms with Crippen LogP contribution in [0.4, 0.5) is 0 Å². The maximum absolute atomic E-state index is 10.9. The highest BCUT2D eigenvalue weighted by atomic mass is 32.1. The van der Waals surface area contributed by atoms with E-state index in [1.165, 1.54) is 18.3 Å². The van der Waals surface area contributed by atoms with Crippen LogP contribution in [-0.2, 0) is 0 Å². The molecule has 0 fully saturated rings. The summed E-state index contributed by atoms with van der Waals surface area (Å²) < 4.78 is 0. The normalized spacial score (nSPS) is 13.0. The van der Waals surface area contributed by atoms with Gasteiger partial charge in [-0.2, -0.15) is 0 Å². The first-order valence-corrected chi connectivity index (χ1v) is 3.71. The maximum atomic E-state index is 10.9. The molecule has 4 heteroatoms. The summed E-state index contributed by atoms with van der Waals surface area (Å²) in [6.45, 7) is 1.43. The molecule has 0 radical (unpaired) electrons. The van der Waals surface area contributed by atoms with Crippen LogP contribution in [-0.4, -0.2) is 22.0 Å². The minimum absolute atomic E-state index is 0.310. The van der Waals surface area contributed by atoms with Crippen molar-refractivity contribution in [3.05, 3.63) is 16.6 Å². The van der Waals surface area contributed by atoms with Gasteiger partial charge in [-0.05, 0) is 6.92 Å². The first-order chi connectivity index (χ1) is 4.72. The highest BCUT2D eigenvalue weighted by Crippen LogP contribution is 2.06. The van der Waals surface area contributed by atoms with Crippen LogP contribution in [0.5, 0.6) is 0 Å². The molecule has 0 spiro atoms. The number of aromatic nitrogens is 1. The molecule has 0 amide bonds. The minimum Gasteiger partial charge on any atom is -0.385 e. The van der Waals surface area contributed by atoms with Gasteiger partial charge in [-0.3, -0.25) is 4.79 Å². The van der Waals surface area contributed by atoms with Crippen molar-refractivity contribution in [3.63, 3.8) is 0 Å². The summed E-state index contributed by atoms with van der Waals surface area (Å²) in [5, 5.41) is 10.9. The molecule has 1 aromatic rings. The number of ketones is 1. The molecule has 0 aliphatic rings. The molecule has 1 N–H and O–H groups in total. The van der Waals surface area contributed by atoms with Crippen LogP contribution in [0.2, 0.25) is 0 Å². The van der Waals surface area contributed by atoms with Crippen LogP contribution in [0, 0.1) is 0 Å². The van der Waals surface area contributed by atoms with Crippen molar-refractivity contribution in [2.75, 3.05) is 0 Å². The summed E-state index contributed by atoms with van der Waals surface area (Å²) in [5.41, 5.74) is 0. The number of hydrogen-bond acceptors (Lipinski definition) is 4. The van der Waals surface area contributed by atoms with Gasteiger partial charge in [0.25, 0.3) is 0 Å². The monoisotopic (exact) mass is 157 g/mol. The number of aliphatic hydroxyl groups is 1. The van der Waals surface area contributed by atoms with E-state index in [1.54, 1.807) is 11.6 Å². The highest BCUT2D eigenvalue weighted by Gasteiger charge is 2.13. The zero-order chi connectivity index (χ0) is 7.56. The first-order valence-electron chi connectivity index (χ1n) is 2.83. The van der Waals surface area contributed by atoms with Gasteiger partial charge in [0, 0.05) is 11.6 Å². The van der Waals surface area contributed by atoms with Crippen LogP contribution in [0.1, 0.15) is 16.7 Å². The largest absolute Gasteiger partial charge is 0.385 e. The zero-order valence-corrected chi connectivity index (χ0v) is 6.26. The molecule has 1 heterocycles. The third-order valence-electron chi connectivity index (χ3n) is 1.02. The van der Waals surface area contributed by atoms with E-state index in [1.807, 2.05) is 0 Å². The summed E-state index contributed by atoms with van der Waals surface area (Å²) in [5.74, 6) is -0.310. The van der Waals surface area contributed by atoms with Gasteiger partial charge in [-0.1, -0.05) is 0 Å². The van der Waals surface area contributed by atoms with Gasteiger partial charge in [0.05, 0.1) is 0 Å². The number of rotatable bonds is 2. The molecule has 0 saturated carbocycles. The molecule has 0 aliphatic carbocycles. The number of aliphatic hydroxyl groups excluding tert-OH is 1. The van der Waals surface area contributed by atoms with E-state index in [4.69, 9.17) is 5.11 Å². The van der Waals surface area contributed by atoms with Crippen LogP contribution < -0.4 is 0 Å². The lowest BCUT2D eigenvalue weighted by atomic mass is 10.3. The molecule has 3 nitrogen and oxygen atoms in total. The molecule has 0 aliphatic heterocycles. The summed E-state index contributed by atoms with van der Waals surface area (Å²) >= 11 is 1.24. The van der Waals surface area contributed by atoms with E-state index in [9.17, 15) is 4.79 Å². The average Bonchev–Trinajstić information content (AvgIpc) is 2.36. The molecule has 10 heavy (non-hydrogen) atoms. The van der Waals surface area contributed by atoms with Crippen molar-refractivity contribution < 1.29 is 9.90 Å². The average molecular weight is 157 g/mol. The Morgan fingerprint density at radius 1 is 1.90 bits per heavy atom. The van der Waals surface area contributed by atoms with Crippen molar-refractivity contribution in [1.82, 2.24) is 4.98 Å². The van der Waals surface area contributed by atoms with E-state index in [0.29, 0.717) is 5.01 Å². The lowest BCUT2D eigenvalue weighted by Gasteiger charge is -1.96. The van der Waals surface area contributed by atoms with Crippen molar-refractivity contribution in [3.8, 4) is 0 Å². The van der Waals surface area contributed by atoms with Crippen molar-refractivity contribution in [2.45, 2.75) is 13.0 Å². The molecule has 0 bridgehead atoms. The molecular formula is C6H7NO2S. The van der Waals surface area contributed by atoms with Gasteiger partial charge < -0.3 is 5.11 Å². The van der Waals surface area contributed by atoms with Crippen LogP contribution in [0.3, 0.4) is 0 Å². The molecular weight excluding hydrogens is 150 g/mol. The van der Waals surface area contributed by atoms with Crippen LogP contribution in [0.15, 0.2) is 11.6 Å². The fourth-order valence-corrected chi connectivity index (χ4v) is 1.18. The summed E-state index contributed by atoms with van der Waals surface area (Å²) in [6, 6.07) is 0. The Morgan fingerprint density at radius 2 is 2.60 bits per heavy atom. The SMILES string of the molecule is CC(O)C(=O)c1nccs1. The van der Waals surface area contributed by atoms with E-state index < -0.39 is 6.10 Å². The number of carbonyl (C=O) groups excluding carboxylic acids is 1. The number of nitrogens with zero attached hydrogens (tertiary/aromatic N) is 1. The second-order valence-electron chi connectivity index (χ2n) is 1.88. The molecule has 54 valence electrons. The zero-order valence-electron chi connectivity index (χ0n) is 5.44. The van der Waals surface area contributed by atoms with Crippen molar-refractivity contribution >= 4 is 17.1 Å². The van der Waals surface area contributed by atoms with Crippen molar-refractivity contribution in [1.29, 1.82) is 0 Å². The van der Waals surface area contributed by atoms with E-state index in [-0.39, 0.29) is 5.78 Å². The predicted molar refractivity (Wildman–Crippen MR) is 38.1 cm³/mol. The highest BCUT2D eigenvalue weighted by molar-refractivity contribution is 7.11. The Kier molecular flexibility index (Phi) is 2.13. The fourth-order valence-electron chi connectivity index (χ4n) is 0.524. The van der Waals surface area contributed by atoms with Gasteiger partial charge in [0.15, 0.2) is 5.01 Å². The Balaban J connectivity index is 2.78. The van der Waals surface area contributed by atoms with E-state index in [2.05, 4.69) is 4.98 Å². The second kappa shape index (κ2) is 2.90. The fraction of sp³-hybridized carbons (Fsp3) is 0.333. The van der Waals surface area contributed by atoms with Gasteiger partial charge in [0.1, 0.15) is 6.10 Å². The Hall–Kier alpha value is -0.740. The molecule has 1 aromatic heterocycles.